The molecule has 7 heteroatoms. The number of carboxylic acids is 1. The summed E-state index contributed by atoms with van der Waals surface area (Å²) >= 11 is 0. The molecule has 0 heterocycles. The molecule has 1 aromatic rings. The Kier molecular flexibility index (Phi) is 6.57. The Morgan fingerprint density at radius 1 is 1.11 bits per heavy atom. The second kappa shape index (κ2) is 7.66. The number of phenolic OH excluding ortho intramolecular Hbond substituents is 1. The quantitative estimate of drug-likeness (QED) is 0.345. The monoisotopic (exact) mass is 252 g/mol. The molecule has 0 atom stereocenters. The van der Waals surface area contributed by atoms with E-state index >= 15 is 0 Å². The van der Waals surface area contributed by atoms with Crippen molar-refractivity contribution in [2.75, 3.05) is 0 Å². The maximum Gasteiger partial charge on any atom is 0.300 e. The summed E-state index contributed by atoms with van der Waals surface area (Å²) in [5.41, 5.74) is 11.8. The van der Waals surface area contributed by atoms with Crippen LogP contribution in [0.25, 0.3) is 0 Å². The highest BCUT2D eigenvalue weighted by atomic mass is 16.4. The van der Waals surface area contributed by atoms with Crippen LogP contribution in [0, 0.1) is 0 Å². The molecule has 0 aliphatic rings. The number of hydrogen-bond donors (Lipinski definition) is 4. The highest BCUT2D eigenvalue weighted by Crippen LogP contribution is 2.10. The van der Waals surface area contributed by atoms with Crippen molar-refractivity contribution >= 4 is 17.6 Å². The van der Waals surface area contributed by atoms with E-state index in [4.69, 9.17) is 26.5 Å². The summed E-state index contributed by atoms with van der Waals surface area (Å²) in [6, 6.07) is 6.61. The molecule has 6 N–H and O–H groups in total. The Balaban J connectivity index is 0.000000631. The summed E-state index contributed by atoms with van der Waals surface area (Å²) in [6.45, 7) is 2.86. The largest absolute Gasteiger partial charge is 0.508 e. The van der Waals surface area contributed by atoms with Crippen LogP contribution < -0.4 is 11.5 Å². The zero-order valence-electron chi connectivity index (χ0n) is 10.2. The molecular weight excluding hydrogens is 236 g/mol. The van der Waals surface area contributed by atoms with Crippen LogP contribution in [0.2, 0.25) is 0 Å². The van der Waals surface area contributed by atoms with E-state index in [1.165, 1.54) is 0 Å². The fourth-order valence-corrected chi connectivity index (χ4v) is 0.893. The molecule has 98 valence electrons. The smallest absolute Gasteiger partial charge is 0.300 e. The van der Waals surface area contributed by atoms with Gasteiger partial charge in [0.1, 0.15) is 5.75 Å². The first-order valence-corrected chi connectivity index (χ1v) is 4.95. The molecule has 0 saturated carbocycles. The minimum atomic E-state index is -0.833. The summed E-state index contributed by atoms with van der Waals surface area (Å²) in [7, 11) is 0. The van der Waals surface area contributed by atoms with Crippen molar-refractivity contribution in [3.8, 4) is 5.75 Å². The zero-order valence-corrected chi connectivity index (χ0v) is 10.2. The summed E-state index contributed by atoms with van der Waals surface area (Å²) in [4.78, 5) is 9.00. The van der Waals surface area contributed by atoms with Crippen LogP contribution in [0.1, 0.15) is 19.4 Å². The van der Waals surface area contributed by atoms with Crippen LogP contribution in [-0.2, 0) is 4.79 Å². The molecule has 0 saturated heterocycles. The van der Waals surface area contributed by atoms with Gasteiger partial charge in [-0.3, -0.25) is 4.79 Å². The van der Waals surface area contributed by atoms with E-state index in [1.54, 1.807) is 31.2 Å². The topological polar surface area (TPSA) is 134 Å². The normalized spacial score (nSPS) is 10.0. The molecule has 0 aliphatic heterocycles. The van der Waals surface area contributed by atoms with Crippen molar-refractivity contribution in [2.45, 2.75) is 13.8 Å². The second-order valence-corrected chi connectivity index (χ2v) is 3.28. The van der Waals surface area contributed by atoms with E-state index in [0.717, 1.165) is 12.5 Å². The van der Waals surface area contributed by atoms with Crippen molar-refractivity contribution in [3.63, 3.8) is 0 Å². The molecule has 0 fully saturated rings. The number of nitrogens with two attached hydrogens (primary N) is 2. The number of rotatable bonds is 2. The number of carboxylic acid groups (broad SMARTS) is 1. The minimum absolute atomic E-state index is 0.0804. The van der Waals surface area contributed by atoms with Crippen LogP contribution in [0.15, 0.2) is 34.5 Å². The Bertz CT molecular complexity index is 444. The first kappa shape index (κ1) is 15.4. The van der Waals surface area contributed by atoms with Gasteiger partial charge in [0.15, 0.2) is 0 Å². The van der Waals surface area contributed by atoms with Gasteiger partial charge < -0.3 is 21.7 Å². The van der Waals surface area contributed by atoms with E-state index in [1.807, 2.05) is 0 Å². The third-order valence-corrected chi connectivity index (χ3v) is 1.60. The summed E-state index contributed by atoms with van der Waals surface area (Å²) in [6.07, 6.45) is 0. The highest BCUT2D eigenvalue weighted by molar-refractivity contribution is 5.99. The van der Waals surface area contributed by atoms with Gasteiger partial charge in [0.25, 0.3) is 5.97 Å². The van der Waals surface area contributed by atoms with Crippen LogP contribution in [0.3, 0.4) is 0 Å². The number of aromatic hydroxyl groups is 1. The summed E-state index contributed by atoms with van der Waals surface area (Å²) in [5.74, 6) is -0.702. The van der Waals surface area contributed by atoms with Crippen LogP contribution in [0.4, 0.5) is 0 Å². The molecule has 0 spiro atoms. The predicted octanol–water partition coefficient (Wildman–Crippen LogP) is 0.481. The third-order valence-electron chi connectivity index (χ3n) is 1.60. The summed E-state index contributed by atoms with van der Waals surface area (Å²) in [5, 5.41) is 23.8. The Hall–Kier alpha value is -2.57. The molecule has 7 nitrogen and oxygen atoms in total. The van der Waals surface area contributed by atoms with E-state index in [9.17, 15) is 0 Å². The molecule has 0 unspecified atom stereocenters. The number of guanidine groups is 1. The zero-order chi connectivity index (χ0) is 14.1. The third kappa shape index (κ3) is 7.69. The Morgan fingerprint density at radius 2 is 1.56 bits per heavy atom. The van der Waals surface area contributed by atoms with Crippen LogP contribution in [-0.4, -0.2) is 27.9 Å². The van der Waals surface area contributed by atoms with Crippen molar-refractivity contribution in [3.05, 3.63) is 29.8 Å². The van der Waals surface area contributed by atoms with Gasteiger partial charge in [-0.15, -0.1) is 5.10 Å². The fourth-order valence-electron chi connectivity index (χ4n) is 0.893. The maximum absolute atomic E-state index is 9.05. The van der Waals surface area contributed by atoms with Gasteiger partial charge in [-0.2, -0.15) is 5.10 Å². The van der Waals surface area contributed by atoms with E-state index < -0.39 is 5.97 Å². The first-order valence-electron chi connectivity index (χ1n) is 4.95. The lowest BCUT2D eigenvalue weighted by Crippen LogP contribution is -2.22. The van der Waals surface area contributed by atoms with Gasteiger partial charge in [-0.05, 0) is 36.8 Å². The molecule has 1 rings (SSSR count). The maximum atomic E-state index is 9.05. The van der Waals surface area contributed by atoms with Gasteiger partial charge >= 0.3 is 0 Å². The molecule has 18 heavy (non-hydrogen) atoms. The van der Waals surface area contributed by atoms with Crippen molar-refractivity contribution in [2.24, 2.45) is 21.7 Å². The number of nitrogens with zero attached hydrogens (tertiary/aromatic N) is 2. The van der Waals surface area contributed by atoms with Crippen molar-refractivity contribution in [1.29, 1.82) is 0 Å². The predicted molar refractivity (Wildman–Crippen MR) is 69.4 cm³/mol. The molecule has 0 radical (unpaired) electrons. The lowest BCUT2D eigenvalue weighted by molar-refractivity contribution is -0.134. The van der Waals surface area contributed by atoms with E-state index in [-0.39, 0.29) is 11.7 Å². The second-order valence-electron chi connectivity index (χ2n) is 3.28. The molecule has 0 bridgehead atoms. The SMILES string of the molecule is C/C(=N\N=C(N)N)c1ccc(O)cc1.CC(=O)O. The van der Waals surface area contributed by atoms with Crippen LogP contribution in [0.5, 0.6) is 5.75 Å². The minimum Gasteiger partial charge on any atom is -0.508 e. The lowest BCUT2D eigenvalue weighted by atomic mass is 10.1. The molecular formula is C11H16N4O3. The number of aliphatic carboxylic acids is 1. The first-order chi connectivity index (χ1) is 8.32. The van der Waals surface area contributed by atoms with E-state index in [2.05, 4.69) is 10.2 Å². The van der Waals surface area contributed by atoms with Crippen LogP contribution >= 0.6 is 0 Å². The lowest BCUT2D eigenvalue weighted by Gasteiger charge is -1.98. The number of carbonyl (C=O) groups is 1. The molecule has 0 amide bonds. The van der Waals surface area contributed by atoms with Gasteiger partial charge in [0.05, 0.1) is 5.71 Å². The Morgan fingerprint density at radius 3 is 1.94 bits per heavy atom. The average Bonchev–Trinajstić information content (AvgIpc) is 2.26. The van der Waals surface area contributed by atoms with Gasteiger partial charge in [-0.1, -0.05) is 0 Å². The molecule has 0 aliphatic carbocycles. The average molecular weight is 252 g/mol. The van der Waals surface area contributed by atoms with E-state index in [0.29, 0.717) is 5.71 Å². The Labute approximate surface area is 104 Å². The highest BCUT2D eigenvalue weighted by Gasteiger charge is 1.96. The number of phenols is 1. The van der Waals surface area contributed by atoms with Gasteiger partial charge in [0.2, 0.25) is 5.96 Å². The van der Waals surface area contributed by atoms with Crippen molar-refractivity contribution in [1.82, 2.24) is 0 Å². The van der Waals surface area contributed by atoms with Gasteiger partial charge in [0, 0.05) is 6.92 Å². The molecule has 0 aromatic heterocycles. The fraction of sp³-hybridized carbons (Fsp3) is 0.182. The standard InChI is InChI=1S/C9H12N4O.C2H4O2/c1-6(12-13-9(10)11)7-2-4-8(14)5-3-7;1-2(3)4/h2-5,14H,1H3,(H4,10,11,13);1H3,(H,3,4)/b12-6+;. The number of benzene rings is 1. The summed E-state index contributed by atoms with van der Waals surface area (Å²) < 4.78 is 0. The number of hydrogen-bond acceptors (Lipinski definition) is 4. The van der Waals surface area contributed by atoms with Gasteiger partial charge in [-0.25, -0.2) is 0 Å². The molecule has 1 aromatic carbocycles. The van der Waals surface area contributed by atoms with Crippen molar-refractivity contribution < 1.29 is 15.0 Å².